The van der Waals surface area contributed by atoms with E-state index in [0.717, 1.165) is 17.5 Å². The van der Waals surface area contributed by atoms with Crippen LogP contribution in [0.4, 0.5) is 0 Å². The summed E-state index contributed by atoms with van der Waals surface area (Å²) in [5.41, 5.74) is 9.58. The molecule has 0 radical (unpaired) electrons. The maximum atomic E-state index is 4.01. The lowest BCUT2D eigenvalue weighted by Crippen LogP contribution is -1.97. The third kappa shape index (κ3) is 5.67. The van der Waals surface area contributed by atoms with Gasteiger partial charge in [0.1, 0.15) is 17.5 Å². The highest BCUT2D eigenvalue weighted by atomic mass is 15.0. The molecule has 0 spiro atoms. The zero-order valence-electron chi connectivity index (χ0n) is 24.5. The van der Waals surface area contributed by atoms with Gasteiger partial charge in [0.2, 0.25) is 0 Å². The molecule has 0 bridgehead atoms. The van der Waals surface area contributed by atoms with Gasteiger partial charge >= 0.3 is 0 Å². The summed E-state index contributed by atoms with van der Waals surface area (Å²) in [7, 11) is 0. The molecule has 3 heteroatoms. The second kappa shape index (κ2) is 10.9. The lowest BCUT2D eigenvalue weighted by atomic mass is 9.87. The molecule has 1 heterocycles. The highest BCUT2D eigenvalue weighted by Gasteiger charge is 2.13. The largest absolute Gasteiger partial charge is 0.219 e. The molecule has 0 saturated carbocycles. The van der Waals surface area contributed by atoms with Gasteiger partial charge in [-0.3, -0.25) is 0 Å². The van der Waals surface area contributed by atoms with Crippen LogP contribution in [0.5, 0.6) is 0 Å². The predicted octanol–water partition coefficient (Wildman–Crippen LogP) is 9.23. The first-order valence-corrected chi connectivity index (χ1v) is 13.3. The third-order valence-corrected chi connectivity index (χ3v) is 7.06. The van der Waals surface area contributed by atoms with Crippen molar-refractivity contribution in [3.05, 3.63) is 111 Å². The molecule has 0 aliphatic heterocycles. The van der Waals surface area contributed by atoms with Gasteiger partial charge in [-0.1, -0.05) is 71.3 Å². The van der Waals surface area contributed by atoms with E-state index in [4.69, 9.17) is 0 Å². The van der Waals surface area contributed by atoms with Crippen LogP contribution in [0.3, 0.4) is 0 Å². The number of benzene rings is 5. The van der Waals surface area contributed by atoms with Crippen molar-refractivity contribution in [3.8, 4) is 0 Å². The number of hydrogen-bond donors (Lipinski definition) is 0. The van der Waals surface area contributed by atoms with Gasteiger partial charge in [-0.25, -0.2) is 15.0 Å². The molecule has 6 aromatic rings. The van der Waals surface area contributed by atoms with Gasteiger partial charge in [-0.05, 0) is 124 Å². The normalized spacial score (nSPS) is 10.9. The Morgan fingerprint density at radius 1 is 0.342 bits per heavy atom. The van der Waals surface area contributed by atoms with Crippen LogP contribution < -0.4 is 0 Å². The van der Waals surface area contributed by atoms with E-state index in [-0.39, 0.29) is 0 Å². The molecule has 5 aromatic carbocycles. The minimum atomic E-state index is 0.792. The number of aryl methyl sites for hydroxylation is 10. The average Bonchev–Trinajstić information content (AvgIpc) is 2.80. The quantitative estimate of drug-likeness (QED) is 0.195. The highest BCUT2D eigenvalue weighted by Crippen LogP contribution is 2.39. The Balaban J connectivity index is 0.000000156. The Morgan fingerprint density at radius 3 is 0.816 bits per heavy atom. The van der Waals surface area contributed by atoms with Crippen molar-refractivity contribution in [2.75, 3.05) is 0 Å². The summed E-state index contributed by atoms with van der Waals surface area (Å²) in [4.78, 5) is 12.0. The lowest BCUT2D eigenvalue weighted by molar-refractivity contribution is 0.875. The van der Waals surface area contributed by atoms with Crippen molar-refractivity contribution in [1.29, 1.82) is 0 Å². The van der Waals surface area contributed by atoms with Crippen molar-refractivity contribution < 1.29 is 0 Å². The highest BCUT2D eigenvalue weighted by molar-refractivity contribution is 6.25. The summed E-state index contributed by atoms with van der Waals surface area (Å²) in [6.07, 6.45) is 0. The summed E-state index contributed by atoms with van der Waals surface area (Å²) < 4.78 is 0. The van der Waals surface area contributed by atoms with Crippen LogP contribution in [0.1, 0.15) is 56.4 Å². The Bertz CT molecular complexity index is 1460. The summed E-state index contributed by atoms with van der Waals surface area (Å²) in [5.74, 6) is 2.38. The molecule has 0 unspecified atom stereocenters. The second-order valence-corrected chi connectivity index (χ2v) is 10.7. The van der Waals surface area contributed by atoms with E-state index in [1.165, 1.54) is 71.3 Å². The maximum Gasteiger partial charge on any atom is 0.129 e. The molecule has 0 aliphatic carbocycles. The molecular weight excluding hydrogens is 462 g/mol. The van der Waals surface area contributed by atoms with Crippen LogP contribution in [-0.2, 0) is 0 Å². The Hall–Kier alpha value is -3.85. The Kier molecular flexibility index (Phi) is 7.78. The first kappa shape index (κ1) is 27.2. The van der Waals surface area contributed by atoms with Gasteiger partial charge in [-0.15, -0.1) is 0 Å². The van der Waals surface area contributed by atoms with E-state index in [9.17, 15) is 0 Å². The fraction of sp³-hybridized carbons (Fsp3) is 0.286. The molecule has 0 N–H and O–H groups in total. The summed E-state index contributed by atoms with van der Waals surface area (Å²) in [6, 6.07) is 20.3. The molecule has 0 aliphatic rings. The van der Waals surface area contributed by atoms with Crippen molar-refractivity contribution in [1.82, 2.24) is 15.0 Å². The molecule has 3 nitrogen and oxygen atoms in total. The van der Waals surface area contributed by atoms with E-state index in [0.29, 0.717) is 0 Å². The van der Waals surface area contributed by atoms with Crippen LogP contribution in [0.15, 0.2) is 54.6 Å². The zero-order chi connectivity index (χ0) is 27.7. The Morgan fingerprint density at radius 2 is 0.579 bits per heavy atom. The van der Waals surface area contributed by atoms with Crippen molar-refractivity contribution >= 4 is 32.3 Å². The standard InChI is InChI=1S/C20H18.C9H12.C6H9N3/c1-11-9-12(2)16-7-8-18-14(4)10-13(3)17-6-5-15(11)19(16)20(17)18;1-7-4-8(2)6-9(3)5-7;1-4-7-5(2)9-6(3)8-4/h5-10H,1-4H3;4-6H,1-3H3;1-3H3. The van der Waals surface area contributed by atoms with E-state index >= 15 is 0 Å². The Labute approximate surface area is 227 Å². The van der Waals surface area contributed by atoms with Crippen LogP contribution in [0.2, 0.25) is 0 Å². The van der Waals surface area contributed by atoms with Crippen molar-refractivity contribution in [3.63, 3.8) is 0 Å². The molecule has 194 valence electrons. The minimum absolute atomic E-state index is 0.792. The zero-order valence-corrected chi connectivity index (χ0v) is 24.5. The van der Waals surface area contributed by atoms with E-state index in [2.05, 4.69) is 118 Å². The van der Waals surface area contributed by atoms with E-state index < -0.39 is 0 Å². The van der Waals surface area contributed by atoms with Gasteiger partial charge in [0, 0.05) is 0 Å². The first-order valence-electron chi connectivity index (χ1n) is 13.3. The maximum absolute atomic E-state index is 4.01. The topological polar surface area (TPSA) is 38.7 Å². The molecular formula is C35H39N3. The number of rotatable bonds is 0. The fourth-order valence-electron chi connectivity index (χ4n) is 5.75. The molecule has 0 atom stereocenters. The van der Waals surface area contributed by atoms with Gasteiger partial charge in [0.15, 0.2) is 0 Å². The van der Waals surface area contributed by atoms with Crippen molar-refractivity contribution in [2.45, 2.75) is 69.2 Å². The molecule has 6 rings (SSSR count). The first-order chi connectivity index (χ1) is 17.9. The fourth-order valence-corrected chi connectivity index (χ4v) is 5.75. The molecule has 1 aromatic heterocycles. The average molecular weight is 502 g/mol. The van der Waals surface area contributed by atoms with Crippen LogP contribution in [0.25, 0.3) is 32.3 Å². The summed E-state index contributed by atoms with van der Waals surface area (Å²) in [6.45, 7) is 20.8. The van der Waals surface area contributed by atoms with Gasteiger partial charge in [0.25, 0.3) is 0 Å². The van der Waals surface area contributed by atoms with Crippen LogP contribution >= 0.6 is 0 Å². The third-order valence-electron chi connectivity index (χ3n) is 7.06. The molecule has 0 saturated heterocycles. The van der Waals surface area contributed by atoms with Crippen LogP contribution in [0, 0.1) is 69.2 Å². The van der Waals surface area contributed by atoms with E-state index in [1.54, 1.807) is 0 Å². The lowest BCUT2D eigenvalue weighted by Gasteiger charge is -2.17. The van der Waals surface area contributed by atoms with Gasteiger partial charge < -0.3 is 0 Å². The summed E-state index contributed by atoms with van der Waals surface area (Å²) in [5, 5.41) is 8.48. The van der Waals surface area contributed by atoms with Gasteiger partial charge in [0.05, 0.1) is 0 Å². The van der Waals surface area contributed by atoms with Gasteiger partial charge in [-0.2, -0.15) is 0 Å². The molecule has 0 amide bonds. The number of nitrogens with zero attached hydrogens (tertiary/aromatic N) is 3. The monoisotopic (exact) mass is 501 g/mol. The van der Waals surface area contributed by atoms with Crippen LogP contribution in [-0.4, -0.2) is 15.0 Å². The molecule has 38 heavy (non-hydrogen) atoms. The SMILES string of the molecule is Cc1cc(C)c2ccc3c(C)cc(C)c4ccc1c2c43.Cc1cc(C)cc(C)c1.Cc1nc(C)nc(C)n1. The smallest absolute Gasteiger partial charge is 0.129 e. The minimum Gasteiger partial charge on any atom is -0.219 e. The predicted molar refractivity (Wildman–Crippen MR) is 164 cm³/mol. The second-order valence-electron chi connectivity index (χ2n) is 10.7. The summed E-state index contributed by atoms with van der Waals surface area (Å²) >= 11 is 0. The number of hydrogen-bond acceptors (Lipinski definition) is 3. The van der Waals surface area contributed by atoms with Crippen molar-refractivity contribution in [2.24, 2.45) is 0 Å². The molecule has 0 fully saturated rings. The number of aromatic nitrogens is 3. The van der Waals surface area contributed by atoms with E-state index in [1.807, 2.05) is 20.8 Å².